The number of aryl methyl sites for hydroxylation is 3. The molecule has 0 N–H and O–H groups in total. The Labute approximate surface area is 141 Å². The van der Waals surface area contributed by atoms with Gasteiger partial charge in [-0.3, -0.25) is 9.78 Å². The molecule has 1 amide bonds. The fourth-order valence-corrected chi connectivity index (χ4v) is 2.78. The second kappa shape index (κ2) is 6.90. The van der Waals surface area contributed by atoms with Crippen molar-refractivity contribution in [3.8, 4) is 6.01 Å². The summed E-state index contributed by atoms with van der Waals surface area (Å²) < 4.78 is 5.90. The van der Waals surface area contributed by atoms with E-state index in [2.05, 4.69) is 19.9 Å². The zero-order valence-corrected chi connectivity index (χ0v) is 14.2. The highest BCUT2D eigenvalue weighted by Crippen LogP contribution is 2.17. The van der Waals surface area contributed by atoms with Crippen LogP contribution in [0.4, 0.5) is 0 Å². The molecule has 0 aliphatic carbocycles. The molecular weight excluding hydrogens is 306 g/mol. The van der Waals surface area contributed by atoms with Crippen molar-refractivity contribution in [2.75, 3.05) is 13.1 Å². The Morgan fingerprint density at radius 1 is 1.12 bits per heavy atom. The minimum absolute atomic E-state index is 0.109. The van der Waals surface area contributed by atoms with E-state index >= 15 is 0 Å². The Morgan fingerprint density at radius 2 is 1.88 bits per heavy atom. The first-order chi connectivity index (χ1) is 11.5. The normalized spacial score (nSPS) is 17.6. The van der Waals surface area contributed by atoms with Gasteiger partial charge >= 0.3 is 6.01 Å². The van der Waals surface area contributed by atoms with Crippen LogP contribution in [0.1, 0.15) is 40.4 Å². The predicted molar refractivity (Wildman–Crippen MR) is 87.8 cm³/mol. The number of piperidine rings is 1. The van der Waals surface area contributed by atoms with Gasteiger partial charge in [-0.05, 0) is 39.7 Å². The maximum Gasteiger partial charge on any atom is 0.317 e. The average Bonchev–Trinajstić information content (AvgIpc) is 2.54. The molecule has 1 fully saturated rings. The first kappa shape index (κ1) is 16.3. The van der Waals surface area contributed by atoms with Crippen molar-refractivity contribution in [2.24, 2.45) is 0 Å². The maximum absolute atomic E-state index is 12.6. The summed E-state index contributed by atoms with van der Waals surface area (Å²) >= 11 is 0. The van der Waals surface area contributed by atoms with E-state index in [-0.39, 0.29) is 12.0 Å². The van der Waals surface area contributed by atoms with E-state index in [1.165, 1.54) is 6.20 Å². The fourth-order valence-electron chi connectivity index (χ4n) is 2.78. The number of hydrogen-bond acceptors (Lipinski definition) is 6. The lowest BCUT2D eigenvalue weighted by molar-refractivity contribution is 0.0509. The van der Waals surface area contributed by atoms with Gasteiger partial charge in [0.2, 0.25) is 0 Å². The third kappa shape index (κ3) is 3.84. The van der Waals surface area contributed by atoms with Crippen LogP contribution in [0.25, 0.3) is 0 Å². The summed E-state index contributed by atoms with van der Waals surface area (Å²) in [6.07, 6.45) is 4.77. The molecule has 3 heterocycles. The van der Waals surface area contributed by atoms with Crippen molar-refractivity contribution in [1.29, 1.82) is 0 Å². The van der Waals surface area contributed by atoms with Gasteiger partial charge in [-0.2, -0.15) is 0 Å². The van der Waals surface area contributed by atoms with Gasteiger partial charge in [0.25, 0.3) is 5.91 Å². The molecule has 2 aromatic rings. The molecule has 1 aliphatic rings. The Kier molecular flexibility index (Phi) is 4.69. The van der Waals surface area contributed by atoms with Gasteiger partial charge < -0.3 is 9.64 Å². The number of carbonyl (C=O) groups excluding carboxylic acids is 1. The third-order valence-corrected chi connectivity index (χ3v) is 3.90. The highest BCUT2D eigenvalue weighted by molar-refractivity contribution is 5.92. The second-order valence-corrected chi connectivity index (χ2v) is 6.11. The molecule has 126 valence electrons. The van der Waals surface area contributed by atoms with Gasteiger partial charge in [0.1, 0.15) is 11.8 Å². The number of ether oxygens (including phenoxy) is 1. The molecule has 1 aliphatic heterocycles. The Hall–Kier alpha value is -2.57. The van der Waals surface area contributed by atoms with E-state index in [9.17, 15) is 4.79 Å². The standard InChI is InChI=1S/C17H21N5O2/c1-11-7-12(2)21-17(20-11)24-14-5-4-6-22(10-14)16(23)15-9-18-13(3)8-19-15/h7-9,14H,4-6,10H2,1-3H3. The third-order valence-electron chi connectivity index (χ3n) is 3.90. The predicted octanol–water partition coefficient (Wildman–Crippen LogP) is 1.88. The first-order valence-corrected chi connectivity index (χ1v) is 8.08. The Morgan fingerprint density at radius 3 is 2.54 bits per heavy atom. The summed E-state index contributed by atoms with van der Waals surface area (Å²) in [7, 11) is 0. The summed E-state index contributed by atoms with van der Waals surface area (Å²) in [5.74, 6) is -0.114. The van der Waals surface area contributed by atoms with Crippen molar-refractivity contribution in [1.82, 2.24) is 24.8 Å². The van der Waals surface area contributed by atoms with Gasteiger partial charge in [-0.1, -0.05) is 0 Å². The van der Waals surface area contributed by atoms with Crippen LogP contribution in [-0.2, 0) is 0 Å². The minimum Gasteiger partial charge on any atom is -0.458 e. The molecule has 0 aromatic carbocycles. The van der Waals surface area contributed by atoms with Gasteiger partial charge in [0.15, 0.2) is 0 Å². The molecule has 0 bridgehead atoms. The molecule has 0 saturated carbocycles. The Balaban J connectivity index is 1.67. The molecule has 0 radical (unpaired) electrons. The average molecular weight is 327 g/mol. The van der Waals surface area contributed by atoms with E-state index in [4.69, 9.17) is 4.74 Å². The number of rotatable bonds is 3. The highest BCUT2D eigenvalue weighted by atomic mass is 16.5. The van der Waals surface area contributed by atoms with Gasteiger partial charge in [-0.15, -0.1) is 0 Å². The van der Waals surface area contributed by atoms with Gasteiger partial charge in [-0.25, -0.2) is 15.0 Å². The van der Waals surface area contributed by atoms with Crippen LogP contribution in [0.15, 0.2) is 18.5 Å². The topological polar surface area (TPSA) is 81.1 Å². The minimum atomic E-state index is -0.114. The number of likely N-dealkylation sites (tertiary alicyclic amines) is 1. The highest BCUT2D eigenvalue weighted by Gasteiger charge is 2.27. The summed E-state index contributed by atoms with van der Waals surface area (Å²) in [6.45, 7) is 6.87. The smallest absolute Gasteiger partial charge is 0.317 e. The van der Waals surface area contributed by atoms with Crippen LogP contribution < -0.4 is 4.74 Å². The molecule has 7 nitrogen and oxygen atoms in total. The van der Waals surface area contributed by atoms with Crippen LogP contribution in [0, 0.1) is 20.8 Å². The van der Waals surface area contributed by atoms with Crippen LogP contribution in [0.2, 0.25) is 0 Å². The van der Waals surface area contributed by atoms with Crippen LogP contribution in [0.5, 0.6) is 6.01 Å². The summed E-state index contributed by atoms with van der Waals surface area (Å²) in [5.41, 5.74) is 2.90. The lowest BCUT2D eigenvalue weighted by atomic mass is 10.1. The number of carbonyl (C=O) groups is 1. The number of amides is 1. The van der Waals surface area contributed by atoms with E-state index in [1.807, 2.05) is 26.8 Å². The number of nitrogens with zero attached hydrogens (tertiary/aromatic N) is 5. The molecule has 1 saturated heterocycles. The summed E-state index contributed by atoms with van der Waals surface area (Å²) in [6, 6.07) is 2.28. The van der Waals surface area contributed by atoms with E-state index < -0.39 is 0 Å². The van der Waals surface area contributed by atoms with Crippen molar-refractivity contribution >= 4 is 5.91 Å². The summed E-state index contributed by atoms with van der Waals surface area (Å²) in [5, 5.41) is 0. The van der Waals surface area contributed by atoms with Crippen molar-refractivity contribution in [3.63, 3.8) is 0 Å². The summed E-state index contributed by atoms with van der Waals surface area (Å²) in [4.78, 5) is 31.2. The molecule has 7 heteroatoms. The Bertz CT molecular complexity index is 712. The van der Waals surface area contributed by atoms with Crippen molar-refractivity contribution in [3.05, 3.63) is 41.2 Å². The van der Waals surface area contributed by atoms with Crippen molar-refractivity contribution in [2.45, 2.75) is 39.7 Å². The molecule has 1 atom stereocenters. The molecule has 0 spiro atoms. The number of aromatic nitrogens is 4. The molecule has 3 rings (SSSR count). The SMILES string of the molecule is Cc1cnc(C(=O)N2CCCC(Oc3nc(C)cc(C)n3)C2)cn1. The van der Waals surface area contributed by atoms with Gasteiger partial charge in [0, 0.05) is 24.1 Å². The first-order valence-electron chi connectivity index (χ1n) is 8.08. The lowest BCUT2D eigenvalue weighted by Gasteiger charge is -2.32. The quantitative estimate of drug-likeness (QED) is 0.856. The fraction of sp³-hybridized carbons (Fsp3) is 0.471. The van der Waals surface area contributed by atoms with Crippen LogP contribution in [0.3, 0.4) is 0 Å². The van der Waals surface area contributed by atoms with Crippen LogP contribution in [-0.4, -0.2) is 49.9 Å². The molecule has 1 unspecified atom stereocenters. The van der Waals surface area contributed by atoms with Crippen molar-refractivity contribution < 1.29 is 9.53 Å². The largest absolute Gasteiger partial charge is 0.458 e. The second-order valence-electron chi connectivity index (χ2n) is 6.11. The molecular formula is C17H21N5O2. The van der Waals surface area contributed by atoms with Crippen LogP contribution >= 0.6 is 0 Å². The number of hydrogen-bond donors (Lipinski definition) is 0. The lowest BCUT2D eigenvalue weighted by Crippen LogP contribution is -2.44. The monoisotopic (exact) mass is 327 g/mol. The molecule has 2 aromatic heterocycles. The maximum atomic E-state index is 12.6. The zero-order valence-electron chi connectivity index (χ0n) is 14.2. The zero-order chi connectivity index (χ0) is 17.1. The van der Waals surface area contributed by atoms with Gasteiger partial charge in [0.05, 0.1) is 18.4 Å². The molecule has 24 heavy (non-hydrogen) atoms. The van der Waals surface area contributed by atoms with E-state index in [1.54, 1.807) is 11.1 Å². The van der Waals surface area contributed by atoms with E-state index in [0.717, 1.165) is 29.9 Å². The van der Waals surface area contributed by atoms with E-state index in [0.29, 0.717) is 24.8 Å².